The zero-order valence-corrected chi connectivity index (χ0v) is 39.3. The van der Waals surface area contributed by atoms with Crippen molar-refractivity contribution in [3.8, 4) is 48.8 Å². The highest BCUT2D eigenvalue weighted by atomic mass is 32.1. The summed E-state index contributed by atoms with van der Waals surface area (Å²) in [5, 5.41) is 0. The zero-order chi connectivity index (χ0) is 42.0. The van der Waals surface area contributed by atoms with Crippen LogP contribution in [-0.2, 0) is 31.9 Å². The van der Waals surface area contributed by atoms with E-state index >= 15 is 0 Å². The van der Waals surface area contributed by atoms with Crippen LogP contribution in [0.5, 0.6) is 0 Å². The molecule has 306 valence electrons. The van der Waals surface area contributed by atoms with Crippen molar-refractivity contribution in [1.82, 2.24) is 0 Å². The van der Waals surface area contributed by atoms with E-state index in [1.165, 1.54) is 48.8 Å². The summed E-state index contributed by atoms with van der Waals surface area (Å²) in [6.45, 7) is 11.4. The highest BCUT2D eigenvalue weighted by Crippen LogP contribution is 2.47. The van der Waals surface area contributed by atoms with Gasteiger partial charge in [0.25, 0.3) is 0 Å². The van der Waals surface area contributed by atoms with Gasteiger partial charge in [-0.3, -0.25) is 9.59 Å². The van der Waals surface area contributed by atoms with Gasteiger partial charge in [-0.2, -0.15) is 0 Å². The predicted molar refractivity (Wildman–Crippen MR) is 258 cm³/mol. The molecule has 0 radical (unpaired) electrons. The minimum atomic E-state index is -0.578. The maximum absolute atomic E-state index is 13.0. The fraction of sp³-hybridized carbons (Fsp3) is 0.240. The fourth-order valence-corrected chi connectivity index (χ4v) is 12.9. The molecule has 0 aliphatic rings. The van der Waals surface area contributed by atoms with Crippen molar-refractivity contribution in [1.29, 1.82) is 0 Å². The Kier molecular flexibility index (Phi) is 12.6. The molecule has 2 unspecified atom stereocenters. The van der Waals surface area contributed by atoms with Crippen LogP contribution in [0.1, 0.15) is 74.6 Å². The Bertz CT molecular complexity index is 2500. The summed E-state index contributed by atoms with van der Waals surface area (Å²) < 4.78 is 12.3. The molecule has 10 heteroatoms. The molecule has 4 nitrogen and oxygen atoms in total. The molecule has 6 heterocycles. The van der Waals surface area contributed by atoms with Crippen LogP contribution in [0.3, 0.4) is 0 Å². The first-order valence-electron chi connectivity index (χ1n) is 19.9. The first kappa shape index (κ1) is 42.3. The lowest BCUT2D eigenvalue weighted by Crippen LogP contribution is -2.25. The van der Waals surface area contributed by atoms with E-state index in [0.29, 0.717) is 12.8 Å². The van der Waals surface area contributed by atoms with Crippen LogP contribution < -0.4 is 0 Å². The highest BCUT2D eigenvalue weighted by Gasteiger charge is 2.30. The molecule has 60 heavy (non-hydrogen) atoms. The second kappa shape index (κ2) is 17.9. The quantitative estimate of drug-likeness (QED) is 0.108. The summed E-state index contributed by atoms with van der Waals surface area (Å²) in [5.41, 5.74) is 1.13. The summed E-state index contributed by atoms with van der Waals surface area (Å²) in [7, 11) is 0. The molecule has 0 fully saturated rings. The summed E-state index contributed by atoms with van der Waals surface area (Å²) >= 11 is 10.7. The third-order valence-electron chi connectivity index (χ3n) is 9.78. The van der Waals surface area contributed by atoms with Gasteiger partial charge in [0, 0.05) is 71.4 Å². The van der Waals surface area contributed by atoms with Crippen molar-refractivity contribution < 1.29 is 19.1 Å². The molecular formula is C50H46O4S6. The summed E-state index contributed by atoms with van der Waals surface area (Å²) in [5.74, 6) is -0.385. The first-order valence-corrected chi connectivity index (χ1v) is 24.8. The lowest BCUT2D eigenvalue weighted by atomic mass is 9.97. The molecule has 0 N–H and O–H groups in total. The number of rotatable bonds is 13. The number of carbonyl (C=O) groups is 2. The summed E-state index contributed by atoms with van der Waals surface area (Å²) in [6.07, 6.45) is 0.591. The zero-order valence-electron chi connectivity index (χ0n) is 34.4. The Morgan fingerprint density at radius 2 is 0.633 bits per heavy atom. The van der Waals surface area contributed by atoms with Crippen LogP contribution in [0.4, 0.5) is 0 Å². The highest BCUT2D eigenvalue weighted by molar-refractivity contribution is 7.30. The lowest BCUT2D eigenvalue weighted by molar-refractivity contribution is -0.159. The SMILES string of the molecule is CC(C)(C)C(=O)OC(Cc1ccccc1)c1ccc(-c2ccc(-c3ccc(-c4ccc(-c5ccc(-c6ccc(C(Cc7ccccc7)OC(=O)C(C)(C)C)s6)s5)s4)s3)s2)s1. The van der Waals surface area contributed by atoms with Gasteiger partial charge < -0.3 is 9.47 Å². The molecule has 0 aliphatic heterocycles. The van der Waals surface area contributed by atoms with Crippen molar-refractivity contribution in [3.05, 3.63) is 154 Å². The van der Waals surface area contributed by atoms with E-state index in [0.717, 1.165) is 20.9 Å². The molecule has 2 aromatic carbocycles. The van der Waals surface area contributed by atoms with Crippen LogP contribution >= 0.6 is 68.0 Å². The standard InChI is InChI=1S/C50H46O4S6/c1-49(2,3)47(51)53-33(29-31-13-9-7-10-14-31)35-17-19-37(55-35)39-21-23-41(57-39)43-25-27-45(59-43)46-28-26-44(60-46)42-24-22-40(58-42)38-20-18-36(56-38)34(54-48(52)50(4,5)6)30-32-15-11-8-12-16-32/h7-28,33-34H,29-30H2,1-6H3. The monoisotopic (exact) mass is 902 g/mol. The van der Waals surface area contributed by atoms with E-state index in [9.17, 15) is 9.59 Å². The van der Waals surface area contributed by atoms with E-state index in [4.69, 9.17) is 9.47 Å². The molecule has 0 spiro atoms. The van der Waals surface area contributed by atoms with Crippen LogP contribution in [-0.4, -0.2) is 11.9 Å². The van der Waals surface area contributed by atoms with E-state index in [2.05, 4.69) is 97.1 Å². The molecule has 6 aromatic heterocycles. The van der Waals surface area contributed by atoms with Crippen molar-refractivity contribution >= 4 is 80.0 Å². The molecule has 0 saturated carbocycles. The smallest absolute Gasteiger partial charge is 0.311 e. The first-order chi connectivity index (χ1) is 28.8. The molecule has 0 bridgehead atoms. The Morgan fingerprint density at radius 3 is 0.900 bits per heavy atom. The molecular weight excluding hydrogens is 857 g/mol. The van der Waals surface area contributed by atoms with Crippen molar-refractivity contribution in [3.63, 3.8) is 0 Å². The normalized spacial score (nSPS) is 13.0. The number of carbonyl (C=O) groups excluding carboxylic acids is 2. The largest absolute Gasteiger partial charge is 0.456 e. The molecule has 0 amide bonds. The number of hydrogen-bond donors (Lipinski definition) is 0. The molecule has 2 atom stereocenters. The van der Waals surface area contributed by atoms with Crippen molar-refractivity contribution in [2.45, 2.75) is 66.6 Å². The van der Waals surface area contributed by atoms with E-state index in [-0.39, 0.29) is 24.1 Å². The van der Waals surface area contributed by atoms with Gasteiger partial charge in [0.1, 0.15) is 12.2 Å². The third kappa shape index (κ3) is 10.0. The van der Waals surface area contributed by atoms with Crippen LogP contribution in [0, 0.1) is 10.8 Å². The molecule has 8 rings (SSSR count). The molecule has 8 aromatic rings. The van der Waals surface area contributed by atoms with Gasteiger partial charge in [0.2, 0.25) is 0 Å². The Labute approximate surface area is 376 Å². The van der Waals surface area contributed by atoms with Gasteiger partial charge in [-0.25, -0.2) is 0 Å². The molecule has 0 saturated heterocycles. The molecule has 0 aliphatic carbocycles. The third-order valence-corrected chi connectivity index (χ3v) is 17.5. The number of benzene rings is 2. The van der Waals surface area contributed by atoms with Crippen LogP contribution in [0.15, 0.2) is 133 Å². The van der Waals surface area contributed by atoms with Crippen LogP contribution in [0.2, 0.25) is 0 Å². The van der Waals surface area contributed by atoms with Crippen molar-refractivity contribution in [2.24, 2.45) is 10.8 Å². The van der Waals surface area contributed by atoms with Crippen LogP contribution in [0.25, 0.3) is 48.8 Å². The van der Waals surface area contributed by atoms with E-state index < -0.39 is 10.8 Å². The number of ether oxygens (including phenoxy) is 2. The number of thiophene rings is 6. The van der Waals surface area contributed by atoms with Gasteiger partial charge in [0.05, 0.1) is 10.8 Å². The maximum atomic E-state index is 13.0. The fourth-order valence-electron chi connectivity index (χ4n) is 6.40. The number of hydrogen-bond acceptors (Lipinski definition) is 10. The average Bonchev–Trinajstić information content (AvgIpc) is 4.07. The predicted octanol–water partition coefficient (Wildman–Crippen LogP) is 16.1. The Hall–Kier alpha value is -4.42. The minimum absolute atomic E-state index is 0.193. The summed E-state index contributed by atoms with van der Waals surface area (Å²) in [4.78, 5) is 40.4. The number of esters is 2. The average molecular weight is 903 g/mol. The van der Waals surface area contributed by atoms with Gasteiger partial charge in [-0.15, -0.1) is 68.0 Å². The van der Waals surface area contributed by atoms with E-state index in [1.807, 2.05) is 101 Å². The maximum Gasteiger partial charge on any atom is 0.311 e. The Morgan fingerprint density at radius 1 is 0.383 bits per heavy atom. The van der Waals surface area contributed by atoms with Gasteiger partial charge >= 0.3 is 11.9 Å². The van der Waals surface area contributed by atoms with Crippen molar-refractivity contribution in [2.75, 3.05) is 0 Å². The van der Waals surface area contributed by atoms with Gasteiger partial charge in [0.15, 0.2) is 0 Å². The minimum Gasteiger partial charge on any atom is -0.456 e. The topological polar surface area (TPSA) is 52.6 Å². The van der Waals surface area contributed by atoms with Gasteiger partial charge in [-0.05, 0) is 125 Å². The Balaban J connectivity index is 0.951. The lowest BCUT2D eigenvalue weighted by Gasteiger charge is -2.23. The second-order valence-electron chi connectivity index (χ2n) is 16.7. The van der Waals surface area contributed by atoms with Gasteiger partial charge in [-0.1, -0.05) is 60.7 Å². The summed E-state index contributed by atoms with van der Waals surface area (Å²) in [6, 6.07) is 46.8. The second-order valence-corrected chi connectivity index (χ2v) is 23.3. The van der Waals surface area contributed by atoms with E-state index in [1.54, 1.807) is 45.3 Å².